The van der Waals surface area contributed by atoms with Crippen LogP contribution in [0, 0.1) is 0 Å². The summed E-state index contributed by atoms with van der Waals surface area (Å²) < 4.78 is 2.33. The van der Waals surface area contributed by atoms with Gasteiger partial charge in [0.2, 0.25) is 0 Å². The minimum Gasteiger partial charge on any atom is -0.383 e. The fraction of sp³-hybridized carbons (Fsp3) is 0.556. The monoisotopic (exact) mass is 210 g/mol. The van der Waals surface area contributed by atoms with Crippen LogP contribution >= 0.6 is 0 Å². The first-order chi connectivity index (χ1) is 7.02. The van der Waals surface area contributed by atoms with E-state index in [-0.39, 0.29) is 11.4 Å². The Morgan fingerprint density at radius 1 is 1.27 bits per heavy atom. The van der Waals surface area contributed by atoms with Crippen LogP contribution in [0.4, 0.5) is 11.5 Å². The molecule has 1 aromatic heterocycles. The molecule has 1 heterocycles. The largest absolute Gasteiger partial charge is 0.383 e. The molecule has 0 radical (unpaired) electrons. The first kappa shape index (κ1) is 9.82. The third-order valence-electron chi connectivity index (χ3n) is 2.64. The summed E-state index contributed by atoms with van der Waals surface area (Å²) in [6.45, 7) is 0. The zero-order valence-electron chi connectivity index (χ0n) is 8.78. The molecule has 1 aromatic rings. The Morgan fingerprint density at radius 2 is 1.87 bits per heavy atom. The lowest BCUT2D eigenvalue weighted by Crippen LogP contribution is -2.39. The SMILES string of the molecule is Cn1c(N)c(NC2CC2)c(=O)n(C)c1=O. The molecule has 1 fully saturated rings. The second-order valence-electron chi connectivity index (χ2n) is 3.88. The van der Waals surface area contributed by atoms with Gasteiger partial charge in [-0.05, 0) is 12.8 Å². The van der Waals surface area contributed by atoms with Crippen LogP contribution in [0.3, 0.4) is 0 Å². The Hall–Kier alpha value is -1.72. The molecule has 15 heavy (non-hydrogen) atoms. The van der Waals surface area contributed by atoms with Crippen LogP contribution < -0.4 is 22.3 Å². The molecule has 0 atom stereocenters. The van der Waals surface area contributed by atoms with Gasteiger partial charge in [0.05, 0.1) is 0 Å². The Morgan fingerprint density at radius 3 is 2.40 bits per heavy atom. The van der Waals surface area contributed by atoms with Crippen molar-refractivity contribution < 1.29 is 0 Å². The van der Waals surface area contributed by atoms with Crippen molar-refractivity contribution in [1.29, 1.82) is 0 Å². The van der Waals surface area contributed by atoms with Gasteiger partial charge in [0, 0.05) is 20.1 Å². The van der Waals surface area contributed by atoms with Crippen molar-refractivity contribution in [2.24, 2.45) is 14.1 Å². The van der Waals surface area contributed by atoms with Gasteiger partial charge in [-0.15, -0.1) is 0 Å². The van der Waals surface area contributed by atoms with Crippen LogP contribution in [-0.2, 0) is 14.1 Å². The van der Waals surface area contributed by atoms with Gasteiger partial charge in [0.15, 0.2) is 0 Å². The number of nitrogens with two attached hydrogens (primary N) is 1. The standard InChI is InChI=1S/C9H14N4O2/c1-12-7(10)6(11-5-3-4-5)8(14)13(2)9(12)15/h5,11H,3-4,10H2,1-2H3. The predicted octanol–water partition coefficient (Wildman–Crippen LogP) is -0.760. The van der Waals surface area contributed by atoms with Crippen LogP contribution in [0.5, 0.6) is 0 Å². The van der Waals surface area contributed by atoms with Crippen LogP contribution in [0.25, 0.3) is 0 Å². The van der Waals surface area contributed by atoms with Gasteiger partial charge in [-0.1, -0.05) is 0 Å². The van der Waals surface area contributed by atoms with Gasteiger partial charge in [0.1, 0.15) is 11.5 Å². The average molecular weight is 210 g/mol. The van der Waals surface area contributed by atoms with Gasteiger partial charge in [-0.2, -0.15) is 0 Å². The number of hydrogen-bond donors (Lipinski definition) is 2. The molecule has 0 unspecified atom stereocenters. The summed E-state index contributed by atoms with van der Waals surface area (Å²) in [5.41, 5.74) is 5.29. The van der Waals surface area contributed by atoms with E-state index in [1.807, 2.05) is 0 Å². The van der Waals surface area contributed by atoms with E-state index in [4.69, 9.17) is 5.73 Å². The number of nitrogens with one attached hydrogen (secondary N) is 1. The van der Waals surface area contributed by atoms with Crippen molar-refractivity contribution in [3.05, 3.63) is 20.8 Å². The van der Waals surface area contributed by atoms with Gasteiger partial charge >= 0.3 is 5.69 Å². The van der Waals surface area contributed by atoms with Crippen molar-refractivity contribution in [3.8, 4) is 0 Å². The molecule has 0 spiro atoms. The molecule has 0 aromatic carbocycles. The van der Waals surface area contributed by atoms with Gasteiger partial charge in [-0.3, -0.25) is 13.9 Å². The molecule has 1 aliphatic carbocycles. The van der Waals surface area contributed by atoms with Gasteiger partial charge in [-0.25, -0.2) is 4.79 Å². The van der Waals surface area contributed by atoms with E-state index in [0.29, 0.717) is 11.7 Å². The summed E-state index contributed by atoms with van der Waals surface area (Å²) in [6.07, 6.45) is 2.09. The van der Waals surface area contributed by atoms with Crippen LogP contribution in [-0.4, -0.2) is 15.2 Å². The Balaban J connectivity index is 2.61. The molecule has 6 heteroatoms. The minimum absolute atomic E-state index is 0.204. The summed E-state index contributed by atoms with van der Waals surface area (Å²) in [5.74, 6) is 0.204. The number of aromatic nitrogens is 2. The quantitative estimate of drug-likeness (QED) is 0.672. The molecule has 0 saturated heterocycles. The van der Waals surface area contributed by atoms with E-state index in [2.05, 4.69) is 5.32 Å². The highest BCUT2D eigenvalue weighted by atomic mass is 16.2. The van der Waals surface area contributed by atoms with Crippen LogP contribution in [0.15, 0.2) is 9.59 Å². The molecule has 1 saturated carbocycles. The second kappa shape index (κ2) is 3.15. The van der Waals surface area contributed by atoms with E-state index in [0.717, 1.165) is 17.4 Å². The molecule has 6 nitrogen and oxygen atoms in total. The number of nitrogen functional groups attached to an aromatic ring is 1. The summed E-state index contributed by atoms with van der Waals surface area (Å²) in [6, 6.07) is 0.331. The summed E-state index contributed by atoms with van der Waals surface area (Å²) in [4.78, 5) is 23.2. The maximum atomic E-state index is 11.7. The summed E-state index contributed by atoms with van der Waals surface area (Å²) in [7, 11) is 3.00. The molecule has 3 N–H and O–H groups in total. The summed E-state index contributed by atoms with van der Waals surface area (Å²) in [5, 5.41) is 3.04. The fourth-order valence-electron chi connectivity index (χ4n) is 1.43. The van der Waals surface area contributed by atoms with Crippen LogP contribution in [0.1, 0.15) is 12.8 Å². The van der Waals surface area contributed by atoms with Crippen molar-refractivity contribution in [2.75, 3.05) is 11.1 Å². The first-order valence-electron chi connectivity index (χ1n) is 4.84. The van der Waals surface area contributed by atoms with E-state index < -0.39 is 5.69 Å². The summed E-state index contributed by atoms with van der Waals surface area (Å²) >= 11 is 0. The average Bonchev–Trinajstić information content (AvgIpc) is 3.02. The first-order valence-corrected chi connectivity index (χ1v) is 4.84. The number of anilines is 2. The highest BCUT2D eigenvalue weighted by Crippen LogP contribution is 2.24. The maximum Gasteiger partial charge on any atom is 0.332 e. The minimum atomic E-state index is -0.404. The van der Waals surface area contributed by atoms with E-state index in [9.17, 15) is 9.59 Å². The topological polar surface area (TPSA) is 82.0 Å². The third kappa shape index (κ3) is 1.51. The third-order valence-corrected chi connectivity index (χ3v) is 2.64. The second-order valence-corrected chi connectivity index (χ2v) is 3.88. The van der Waals surface area contributed by atoms with Gasteiger partial charge < -0.3 is 11.1 Å². The number of hydrogen-bond acceptors (Lipinski definition) is 4. The smallest absolute Gasteiger partial charge is 0.332 e. The van der Waals surface area contributed by atoms with E-state index >= 15 is 0 Å². The molecular weight excluding hydrogens is 196 g/mol. The van der Waals surface area contributed by atoms with Crippen molar-refractivity contribution in [3.63, 3.8) is 0 Å². The van der Waals surface area contributed by atoms with Crippen molar-refractivity contribution in [1.82, 2.24) is 9.13 Å². The molecule has 1 aliphatic rings. The molecule has 0 amide bonds. The van der Waals surface area contributed by atoms with E-state index in [1.54, 1.807) is 7.05 Å². The van der Waals surface area contributed by atoms with E-state index in [1.165, 1.54) is 11.6 Å². The molecule has 82 valence electrons. The molecule has 0 aliphatic heterocycles. The Labute approximate surface area is 86.3 Å². The molecule has 2 rings (SSSR count). The van der Waals surface area contributed by atoms with Crippen molar-refractivity contribution >= 4 is 11.5 Å². The molecule has 0 bridgehead atoms. The zero-order valence-corrected chi connectivity index (χ0v) is 8.78. The Bertz CT molecular complexity index is 510. The van der Waals surface area contributed by atoms with Crippen molar-refractivity contribution in [2.45, 2.75) is 18.9 Å². The van der Waals surface area contributed by atoms with Crippen LogP contribution in [0.2, 0.25) is 0 Å². The maximum absolute atomic E-state index is 11.7. The highest BCUT2D eigenvalue weighted by Gasteiger charge is 2.24. The number of nitrogens with zero attached hydrogens (tertiary/aromatic N) is 2. The zero-order chi connectivity index (χ0) is 11.2. The highest BCUT2D eigenvalue weighted by molar-refractivity contribution is 5.61. The fourth-order valence-corrected chi connectivity index (χ4v) is 1.43. The lowest BCUT2D eigenvalue weighted by atomic mass is 10.4. The lowest BCUT2D eigenvalue weighted by Gasteiger charge is -2.12. The number of rotatable bonds is 2. The predicted molar refractivity (Wildman–Crippen MR) is 58.0 cm³/mol. The van der Waals surface area contributed by atoms with Gasteiger partial charge in [0.25, 0.3) is 5.56 Å². The molecular formula is C9H14N4O2. The normalized spacial score (nSPS) is 15.3. The lowest BCUT2D eigenvalue weighted by molar-refractivity contribution is 0.695. The Kier molecular flexibility index (Phi) is 2.06.